The zero-order valence-electron chi connectivity index (χ0n) is 18.3. The fourth-order valence-electron chi connectivity index (χ4n) is 2.83. The van der Waals surface area contributed by atoms with Crippen LogP contribution in [-0.4, -0.2) is 33.1 Å². The summed E-state index contributed by atoms with van der Waals surface area (Å²) in [7, 11) is -1.88. The van der Waals surface area contributed by atoms with Crippen LogP contribution in [0.1, 0.15) is 64.9 Å². The molecule has 0 aliphatic carbocycles. The molecule has 0 aromatic heterocycles. The lowest BCUT2D eigenvalue weighted by molar-refractivity contribution is -0.111. The minimum absolute atomic E-state index is 0.00634. The molecule has 0 aliphatic heterocycles. The van der Waals surface area contributed by atoms with Crippen molar-refractivity contribution >= 4 is 20.9 Å². The lowest BCUT2D eigenvalue weighted by Gasteiger charge is -2.39. The van der Waals surface area contributed by atoms with Crippen LogP contribution < -0.4 is 0 Å². The summed E-state index contributed by atoms with van der Waals surface area (Å²) in [6, 6.07) is 10.0. The molecule has 1 rings (SSSR count). The Labute approximate surface area is 172 Å². The number of carbonyl (C=O) groups is 2. The van der Waals surface area contributed by atoms with E-state index >= 15 is 0 Å². The largest absolute Gasteiger partial charge is 0.414 e. The van der Waals surface area contributed by atoms with Crippen LogP contribution in [0.5, 0.6) is 0 Å². The Morgan fingerprint density at radius 3 is 2.00 bits per heavy atom. The van der Waals surface area contributed by atoms with Crippen LogP contribution in [0.2, 0.25) is 18.1 Å². The summed E-state index contributed by atoms with van der Waals surface area (Å²) in [4.78, 5) is 22.0. The Bertz CT molecular complexity index is 566. The van der Waals surface area contributed by atoms with Crippen molar-refractivity contribution in [3.63, 3.8) is 0 Å². The topological polar surface area (TPSA) is 52.6 Å². The van der Waals surface area contributed by atoms with Gasteiger partial charge in [0.1, 0.15) is 12.6 Å². The lowest BCUT2D eigenvalue weighted by Crippen LogP contribution is -2.44. The van der Waals surface area contributed by atoms with Crippen molar-refractivity contribution in [1.82, 2.24) is 0 Å². The number of rotatable bonds is 14. The smallest absolute Gasteiger partial charge is 0.192 e. The molecule has 158 valence electrons. The zero-order chi connectivity index (χ0) is 21.0. The predicted octanol–water partition coefficient (Wildman–Crippen LogP) is 5.70. The second-order valence-electron chi connectivity index (χ2n) is 9.01. The minimum Gasteiger partial charge on any atom is -0.414 e. The Morgan fingerprint density at radius 1 is 0.929 bits per heavy atom. The van der Waals surface area contributed by atoms with Crippen molar-refractivity contribution < 1.29 is 18.8 Å². The van der Waals surface area contributed by atoms with Crippen LogP contribution in [0.15, 0.2) is 30.3 Å². The molecule has 0 spiro atoms. The Balaban J connectivity index is 2.44. The molecule has 0 radical (unpaired) electrons. The van der Waals surface area contributed by atoms with Gasteiger partial charge in [0.2, 0.25) is 0 Å². The van der Waals surface area contributed by atoms with Gasteiger partial charge in [-0.2, -0.15) is 0 Å². The lowest BCUT2D eigenvalue weighted by atomic mass is 10.0. The average Bonchev–Trinajstić information content (AvgIpc) is 2.63. The van der Waals surface area contributed by atoms with E-state index in [2.05, 4.69) is 33.9 Å². The van der Waals surface area contributed by atoms with Crippen molar-refractivity contribution in [1.29, 1.82) is 0 Å². The van der Waals surface area contributed by atoms with Crippen LogP contribution in [-0.2, 0) is 25.4 Å². The van der Waals surface area contributed by atoms with Gasteiger partial charge in [-0.05, 0) is 36.5 Å². The van der Waals surface area contributed by atoms with Gasteiger partial charge in [-0.15, -0.1) is 0 Å². The predicted molar refractivity (Wildman–Crippen MR) is 117 cm³/mol. The van der Waals surface area contributed by atoms with Gasteiger partial charge in [-0.1, -0.05) is 63.9 Å². The molecule has 0 bridgehead atoms. The summed E-state index contributed by atoms with van der Waals surface area (Å²) in [5.74, 6) is 0. The molecule has 0 saturated heterocycles. The number of hydrogen-bond acceptors (Lipinski definition) is 4. The van der Waals surface area contributed by atoms with E-state index in [1.807, 2.05) is 30.3 Å². The fraction of sp³-hybridized carbons (Fsp3) is 0.652. The molecule has 0 unspecified atom stereocenters. The summed E-state index contributed by atoms with van der Waals surface area (Å²) in [6.45, 7) is 11.6. The number of carbonyl (C=O) groups excluding carboxylic acids is 2. The number of aldehydes is 2. The Kier molecular flexibility index (Phi) is 10.9. The van der Waals surface area contributed by atoms with Crippen LogP contribution in [0.25, 0.3) is 0 Å². The second kappa shape index (κ2) is 12.3. The molecule has 2 atom stereocenters. The summed E-state index contributed by atoms with van der Waals surface area (Å²) in [5, 5.41) is 0.133. The highest BCUT2D eigenvalue weighted by atomic mass is 28.4. The average molecular weight is 407 g/mol. The van der Waals surface area contributed by atoms with Gasteiger partial charge >= 0.3 is 0 Å². The SMILES string of the molecule is CC(C)(C)[Si](C)(C)O[C@@H](CC=O)CCCC[C@H](CC=O)OCc1ccccc1. The molecule has 5 heteroatoms. The molecule has 0 aliphatic rings. The first-order valence-electron chi connectivity index (χ1n) is 10.4. The summed E-state index contributed by atoms with van der Waals surface area (Å²) in [5.41, 5.74) is 1.12. The number of unbranched alkanes of at least 4 members (excludes halogenated alkanes) is 1. The van der Waals surface area contributed by atoms with Crippen LogP contribution >= 0.6 is 0 Å². The molecule has 0 N–H and O–H groups in total. The van der Waals surface area contributed by atoms with E-state index in [4.69, 9.17) is 9.16 Å². The minimum atomic E-state index is -1.88. The van der Waals surface area contributed by atoms with Crippen LogP contribution in [0.3, 0.4) is 0 Å². The van der Waals surface area contributed by atoms with Gasteiger partial charge in [-0.25, -0.2) is 0 Å². The third-order valence-electron chi connectivity index (χ3n) is 5.62. The number of benzene rings is 1. The summed E-state index contributed by atoms with van der Waals surface area (Å²) < 4.78 is 12.4. The van der Waals surface area contributed by atoms with Gasteiger partial charge in [0.25, 0.3) is 0 Å². The van der Waals surface area contributed by atoms with Gasteiger partial charge in [-0.3, -0.25) is 0 Å². The molecule has 1 aromatic carbocycles. The number of ether oxygens (including phenoxy) is 1. The first kappa shape index (κ1) is 24.7. The molecule has 28 heavy (non-hydrogen) atoms. The Hall–Kier alpha value is -1.30. The molecule has 0 heterocycles. The third kappa shape index (κ3) is 9.26. The highest BCUT2D eigenvalue weighted by Crippen LogP contribution is 2.38. The van der Waals surface area contributed by atoms with Crippen molar-refractivity contribution in [2.24, 2.45) is 0 Å². The van der Waals surface area contributed by atoms with Crippen molar-refractivity contribution in [2.75, 3.05) is 0 Å². The van der Waals surface area contributed by atoms with Crippen LogP contribution in [0.4, 0.5) is 0 Å². The maximum atomic E-state index is 11.1. The maximum Gasteiger partial charge on any atom is 0.192 e. The van der Waals surface area contributed by atoms with E-state index in [1.165, 1.54) is 0 Å². The van der Waals surface area contributed by atoms with Crippen molar-refractivity contribution in [3.05, 3.63) is 35.9 Å². The molecule has 1 aromatic rings. The van der Waals surface area contributed by atoms with Gasteiger partial charge in [0.05, 0.1) is 18.8 Å². The van der Waals surface area contributed by atoms with E-state index in [9.17, 15) is 9.59 Å². The van der Waals surface area contributed by atoms with E-state index in [0.717, 1.165) is 43.8 Å². The van der Waals surface area contributed by atoms with Crippen molar-refractivity contribution in [3.8, 4) is 0 Å². The molecular formula is C23H38O4Si. The standard InChI is InChI=1S/C23H38O4Si/c1-23(2,3)28(4,5)27-22(16-18-25)14-10-9-13-21(15-17-24)26-19-20-11-7-6-8-12-20/h6-8,11-12,17-18,21-22H,9-10,13-16,19H2,1-5H3/t21-,22-/m1/s1. The molecule has 0 saturated carbocycles. The fourth-order valence-corrected chi connectivity index (χ4v) is 4.24. The zero-order valence-corrected chi connectivity index (χ0v) is 19.3. The van der Waals surface area contributed by atoms with Crippen molar-refractivity contribution in [2.45, 2.75) is 96.2 Å². The van der Waals surface area contributed by atoms with E-state index < -0.39 is 8.32 Å². The normalized spacial score (nSPS) is 14.5. The van der Waals surface area contributed by atoms with Gasteiger partial charge in [0, 0.05) is 12.8 Å². The summed E-state index contributed by atoms with van der Waals surface area (Å²) in [6.07, 6.45) is 6.37. The van der Waals surface area contributed by atoms with E-state index in [0.29, 0.717) is 19.4 Å². The molecule has 4 nitrogen and oxygen atoms in total. The highest BCUT2D eigenvalue weighted by molar-refractivity contribution is 6.74. The quantitative estimate of drug-likeness (QED) is 0.226. The molecular weight excluding hydrogens is 368 g/mol. The highest BCUT2D eigenvalue weighted by Gasteiger charge is 2.38. The summed E-state index contributed by atoms with van der Waals surface area (Å²) >= 11 is 0. The first-order valence-corrected chi connectivity index (χ1v) is 13.3. The third-order valence-corrected chi connectivity index (χ3v) is 10.2. The van der Waals surface area contributed by atoms with E-state index in [1.54, 1.807) is 0 Å². The van der Waals surface area contributed by atoms with Crippen LogP contribution in [0, 0.1) is 0 Å². The molecule has 0 fully saturated rings. The molecule has 0 amide bonds. The number of hydrogen-bond donors (Lipinski definition) is 0. The Morgan fingerprint density at radius 2 is 1.46 bits per heavy atom. The van der Waals surface area contributed by atoms with Gasteiger partial charge in [0.15, 0.2) is 8.32 Å². The second-order valence-corrected chi connectivity index (χ2v) is 13.8. The van der Waals surface area contributed by atoms with E-state index in [-0.39, 0.29) is 17.2 Å². The van der Waals surface area contributed by atoms with Gasteiger partial charge < -0.3 is 18.8 Å². The first-order chi connectivity index (χ1) is 13.2. The monoisotopic (exact) mass is 406 g/mol. The maximum absolute atomic E-state index is 11.1.